The summed E-state index contributed by atoms with van der Waals surface area (Å²) in [5, 5.41) is 0. The van der Waals surface area contributed by atoms with Crippen LogP contribution in [0.4, 0.5) is 10.1 Å². The zero-order chi connectivity index (χ0) is 18.2. The molecule has 2 aromatic carbocycles. The van der Waals surface area contributed by atoms with Gasteiger partial charge >= 0.3 is 0 Å². The maximum absolute atomic E-state index is 13.5. The van der Waals surface area contributed by atoms with E-state index in [2.05, 4.69) is 29.6 Å². The molecule has 25 heavy (non-hydrogen) atoms. The SMILES string of the molecule is CCN(CC)c1ccc(C(=O)NNC(=O)Cc2ccccc2F)cc1. The number of amides is 2. The second-order valence-electron chi connectivity index (χ2n) is 5.49. The summed E-state index contributed by atoms with van der Waals surface area (Å²) in [4.78, 5) is 26.1. The summed E-state index contributed by atoms with van der Waals surface area (Å²) < 4.78 is 13.5. The summed E-state index contributed by atoms with van der Waals surface area (Å²) in [7, 11) is 0. The van der Waals surface area contributed by atoms with Crippen molar-refractivity contribution in [1.82, 2.24) is 10.9 Å². The maximum Gasteiger partial charge on any atom is 0.269 e. The molecule has 2 N–H and O–H groups in total. The predicted octanol–water partition coefficient (Wildman–Crippen LogP) is 2.68. The van der Waals surface area contributed by atoms with Crippen molar-refractivity contribution >= 4 is 17.5 Å². The third-order valence-electron chi connectivity index (χ3n) is 3.88. The van der Waals surface area contributed by atoms with E-state index in [0.717, 1.165) is 18.8 Å². The second-order valence-corrected chi connectivity index (χ2v) is 5.49. The molecule has 0 unspecified atom stereocenters. The van der Waals surface area contributed by atoms with Crippen LogP contribution in [-0.4, -0.2) is 24.9 Å². The van der Waals surface area contributed by atoms with Crippen molar-refractivity contribution < 1.29 is 14.0 Å². The van der Waals surface area contributed by atoms with Crippen molar-refractivity contribution in [1.29, 1.82) is 0 Å². The third-order valence-corrected chi connectivity index (χ3v) is 3.88. The Bertz CT molecular complexity index is 728. The second kappa shape index (κ2) is 8.82. The van der Waals surface area contributed by atoms with Gasteiger partial charge in [0, 0.05) is 24.3 Å². The Kier molecular flexibility index (Phi) is 6.51. The average Bonchev–Trinajstić information content (AvgIpc) is 2.63. The molecule has 0 aliphatic heterocycles. The van der Waals surface area contributed by atoms with E-state index in [4.69, 9.17) is 0 Å². The third kappa shape index (κ3) is 5.04. The van der Waals surface area contributed by atoms with Crippen LogP contribution < -0.4 is 15.8 Å². The molecule has 132 valence electrons. The average molecular weight is 343 g/mol. The van der Waals surface area contributed by atoms with Gasteiger partial charge in [0.1, 0.15) is 5.82 Å². The Morgan fingerprint density at radius 2 is 1.60 bits per heavy atom. The van der Waals surface area contributed by atoms with E-state index in [0.29, 0.717) is 5.56 Å². The zero-order valence-corrected chi connectivity index (χ0v) is 14.4. The minimum absolute atomic E-state index is 0.145. The lowest BCUT2D eigenvalue weighted by Crippen LogP contribution is -2.42. The van der Waals surface area contributed by atoms with E-state index in [9.17, 15) is 14.0 Å². The highest BCUT2D eigenvalue weighted by Gasteiger charge is 2.10. The van der Waals surface area contributed by atoms with Gasteiger partial charge in [0.25, 0.3) is 5.91 Å². The van der Waals surface area contributed by atoms with Crippen LogP contribution >= 0.6 is 0 Å². The van der Waals surface area contributed by atoms with Crippen LogP contribution in [0.5, 0.6) is 0 Å². The first kappa shape index (κ1) is 18.4. The number of anilines is 1. The van der Waals surface area contributed by atoms with Crippen molar-refractivity contribution in [3.63, 3.8) is 0 Å². The topological polar surface area (TPSA) is 61.4 Å². The van der Waals surface area contributed by atoms with E-state index in [-0.39, 0.29) is 12.0 Å². The molecule has 2 rings (SSSR count). The first-order valence-corrected chi connectivity index (χ1v) is 8.22. The van der Waals surface area contributed by atoms with Crippen LogP contribution in [0.1, 0.15) is 29.8 Å². The molecule has 2 aromatic rings. The van der Waals surface area contributed by atoms with Crippen LogP contribution in [0.2, 0.25) is 0 Å². The number of halogens is 1. The molecule has 0 fully saturated rings. The van der Waals surface area contributed by atoms with Gasteiger partial charge in [-0.2, -0.15) is 0 Å². The Hall–Kier alpha value is -2.89. The van der Waals surface area contributed by atoms with Crippen LogP contribution in [0.3, 0.4) is 0 Å². The van der Waals surface area contributed by atoms with Gasteiger partial charge in [0.2, 0.25) is 5.91 Å². The van der Waals surface area contributed by atoms with E-state index >= 15 is 0 Å². The van der Waals surface area contributed by atoms with Crippen molar-refractivity contribution in [2.75, 3.05) is 18.0 Å². The molecule has 6 heteroatoms. The van der Waals surface area contributed by atoms with Gasteiger partial charge in [0.15, 0.2) is 0 Å². The lowest BCUT2D eigenvalue weighted by Gasteiger charge is -2.21. The predicted molar refractivity (Wildman–Crippen MR) is 95.7 cm³/mol. The molecule has 2 amide bonds. The highest BCUT2D eigenvalue weighted by Crippen LogP contribution is 2.14. The number of benzene rings is 2. The zero-order valence-electron chi connectivity index (χ0n) is 14.4. The molecule has 0 radical (unpaired) electrons. The fraction of sp³-hybridized carbons (Fsp3) is 0.263. The van der Waals surface area contributed by atoms with Gasteiger partial charge in [-0.1, -0.05) is 18.2 Å². The minimum Gasteiger partial charge on any atom is -0.372 e. The summed E-state index contributed by atoms with van der Waals surface area (Å²) >= 11 is 0. The molecule has 0 saturated carbocycles. The van der Waals surface area contributed by atoms with Crippen molar-refractivity contribution in [2.45, 2.75) is 20.3 Å². The van der Waals surface area contributed by atoms with Gasteiger partial charge in [-0.3, -0.25) is 20.4 Å². The molecular formula is C19H22FN3O2. The number of carbonyl (C=O) groups excluding carboxylic acids is 2. The fourth-order valence-corrected chi connectivity index (χ4v) is 2.47. The minimum atomic E-state index is -0.488. The van der Waals surface area contributed by atoms with E-state index in [1.807, 2.05) is 12.1 Å². The Morgan fingerprint density at radius 1 is 0.960 bits per heavy atom. The lowest BCUT2D eigenvalue weighted by atomic mass is 10.1. The molecule has 0 aromatic heterocycles. The first-order chi connectivity index (χ1) is 12.0. The number of rotatable bonds is 6. The monoisotopic (exact) mass is 343 g/mol. The molecule has 0 spiro atoms. The van der Waals surface area contributed by atoms with Crippen molar-refractivity contribution in [3.05, 3.63) is 65.5 Å². The van der Waals surface area contributed by atoms with Crippen LogP contribution in [0.25, 0.3) is 0 Å². The fourth-order valence-electron chi connectivity index (χ4n) is 2.47. The summed E-state index contributed by atoms with van der Waals surface area (Å²) in [6.45, 7) is 5.90. The van der Waals surface area contributed by atoms with Gasteiger partial charge in [-0.15, -0.1) is 0 Å². The van der Waals surface area contributed by atoms with Crippen molar-refractivity contribution in [3.8, 4) is 0 Å². The molecule has 0 heterocycles. The molecule has 0 aliphatic rings. The maximum atomic E-state index is 13.5. The smallest absolute Gasteiger partial charge is 0.269 e. The number of hydrogen-bond donors (Lipinski definition) is 2. The standard InChI is InChI=1S/C19H22FN3O2/c1-3-23(4-2)16-11-9-14(10-12-16)19(25)22-21-18(24)13-15-7-5-6-8-17(15)20/h5-12H,3-4,13H2,1-2H3,(H,21,24)(H,22,25). The first-order valence-electron chi connectivity index (χ1n) is 8.22. The van der Waals surface area contributed by atoms with Crippen molar-refractivity contribution in [2.24, 2.45) is 0 Å². The summed E-state index contributed by atoms with van der Waals surface area (Å²) in [6, 6.07) is 13.2. The number of hydrogen-bond acceptors (Lipinski definition) is 3. The molecule has 0 aliphatic carbocycles. The van der Waals surface area contributed by atoms with Gasteiger partial charge < -0.3 is 4.90 Å². The van der Waals surface area contributed by atoms with Crippen LogP contribution in [-0.2, 0) is 11.2 Å². The van der Waals surface area contributed by atoms with E-state index < -0.39 is 17.6 Å². The molecule has 0 saturated heterocycles. The largest absolute Gasteiger partial charge is 0.372 e. The Balaban J connectivity index is 1.89. The Labute approximate surface area is 146 Å². The normalized spacial score (nSPS) is 10.2. The van der Waals surface area contributed by atoms with E-state index in [1.54, 1.807) is 24.3 Å². The van der Waals surface area contributed by atoms with Gasteiger partial charge in [-0.05, 0) is 49.7 Å². The molecular weight excluding hydrogens is 321 g/mol. The summed E-state index contributed by atoms with van der Waals surface area (Å²) in [6.07, 6.45) is -0.145. The highest BCUT2D eigenvalue weighted by atomic mass is 19.1. The molecule has 0 atom stereocenters. The number of hydrazine groups is 1. The quantitative estimate of drug-likeness (QED) is 0.793. The number of nitrogens with zero attached hydrogens (tertiary/aromatic N) is 1. The summed E-state index contributed by atoms with van der Waals surface area (Å²) in [5.41, 5.74) is 6.38. The molecule has 5 nitrogen and oxygen atoms in total. The van der Waals surface area contributed by atoms with E-state index in [1.165, 1.54) is 12.1 Å². The van der Waals surface area contributed by atoms with Gasteiger partial charge in [0.05, 0.1) is 6.42 Å². The number of nitrogens with one attached hydrogen (secondary N) is 2. The van der Waals surface area contributed by atoms with Gasteiger partial charge in [-0.25, -0.2) is 4.39 Å². The summed E-state index contributed by atoms with van der Waals surface area (Å²) in [5.74, 6) is -1.36. The van der Waals surface area contributed by atoms with Crippen LogP contribution in [0.15, 0.2) is 48.5 Å². The van der Waals surface area contributed by atoms with Crippen LogP contribution in [0, 0.1) is 5.82 Å². The Morgan fingerprint density at radius 3 is 2.20 bits per heavy atom. The highest BCUT2D eigenvalue weighted by molar-refractivity contribution is 5.95. The number of carbonyl (C=O) groups is 2. The lowest BCUT2D eigenvalue weighted by molar-refractivity contribution is -0.121. The molecule has 0 bridgehead atoms.